The third-order valence-corrected chi connectivity index (χ3v) is 9.20. The van der Waals surface area contributed by atoms with E-state index in [4.69, 9.17) is 28.9 Å². The van der Waals surface area contributed by atoms with Gasteiger partial charge in [0.15, 0.2) is 0 Å². The first kappa shape index (κ1) is 25.3. The molecule has 1 heterocycles. The molecule has 1 saturated carbocycles. The molecule has 6 nitrogen and oxygen atoms in total. The van der Waals surface area contributed by atoms with Crippen molar-refractivity contribution in [1.82, 2.24) is 9.62 Å². The zero-order chi connectivity index (χ0) is 24.3. The van der Waals surface area contributed by atoms with Crippen LogP contribution in [0.15, 0.2) is 47.4 Å². The highest BCUT2D eigenvalue weighted by molar-refractivity contribution is 7.89. The quantitative estimate of drug-likeness (QED) is 0.505. The summed E-state index contributed by atoms with van der Waals surface area (Å²) in [5.74, 6) is 1.01. The molecule has 0 aromatic heterocycles. The van der Waals surface area contributed by atoms with E-state index in [9.17, 15) is 13.2 Å². The summed E-state index contributed by atoms with van der Waals surface area (Å²) in [6.07, 6.45) is 6.74. The number of fused-ring (bicyclic) bond motifs is 1. The molecule has 2 aliphatic rings. The number of carbonyl (C=O) groups is 1. The Labute approximate surface area is 211 Å². The van der Waals surface area contributed by atoms with E-state index < -0.39 is 16.1 Å². The van der Waals surface area contributed by atoms with Gasteiger partial charge in [0, 0.05) is 13.1 Å². The second-order valence-corrected chi connectivity index (χ2v) is 11.9. The van der Waals surface area contributed by atoms with Crippen molar-refractivity contribution in [3.05, 3.63) is 58.1 Å². The normalized spacial score (nSPS) is 21.6. The van der Waals surface area contributed by atoms with Crippen molar-refractivity contribution in [1.29, 1.82) is 0 Å². The maximum Gasteiger partial charge on any atom is 0.241 e. The highest BCUT2D eigenvalue weighted by atomic mass is 35.5. The Morgan fingerprint density at radius 2 is 1.71 bits per heavy atom. The fourth-order valence-electron chi connectivity index (χ4n) is 5.18. The smallest absolute Gasteiger partial charge is 0.241 e. The van der Waals surface area contributed by atoms with E-state index in [1.807, 2.05) is 35.2 Å². The van der Waals surface area contributed by atoms with Crippen LogP contribution in [0.1, 0.15) is 44.1 Å². The Bertz CT molecular complexity index is 1100. The number of halogens is 2. The van der Waals surface area contributed by atoms with Crippen molar-refractivity contribution in [2.45, 2.75) is 55.9 Å². The first-order valence-electron chi connectivity index (χ1n) is 11.8. The molecule has 4 rings (SSSR count). The topological polar surface area (TPSA) is 92.5 Å². The fraction of sp³-hybridized carbons (Fsp3) is 0.480. The predicted molar refractivity (Wildman–Crippen MR) is 136 cm³/mol. The highest BCUT2D eigenvalue weighted by Gasteiger charge is 2.36. The average Bonchev–Trinajstić information content (AvgIpc) is 2.84. The molecule has 0 spiro atoms. The third-order valence-electron chi connectivity index (χ3n) is 7.13. The number of nitrogens with one attached hydrogen (secondary N) is 1. The van der Waals surface area contributed by atoms with E-state index in [0.29, 0.717) is 37.8 Å². The summed E-state index contributed by atoms with van der Waals surface area (Å²) in [5, 5.41) is 0.110. The lowest BCUT2D eigenvalue weighted by molar-refractivity contribution is -0.136. The van der Waals surface area contributed by atoms with Gasteiger partial charge in [0.05, 0.1) is 20.6 Å². The van der Waals surface area contributed by atoms with Gasteiger partial charge in [-0.1, -0.05) is 72.8 Å². The number of nitrogens with two attached hydrogens (primary N) is 1. The van der Waals surface area contributed by atoms with E-state index in [2.05, 4.69) is 4.72 Å². The SMILES string of the molecule is Nc1c(Cl)cc(S(=O)(=O)N[C@H](CCc2ccccc2)C(=O)N2CCC3CCCCC3C2)cc1Cl. The Balaban J connectivity index is 1.55. The Morgan fingerprint density at radius 3 is 2.38 bits per heavy atom. The zero-order valence-corrected chi connectivity index (χ0v) is 21.4. The molecule has 1 aliphatic heterocycles. The largest absolute Gasteiger partial charge is 0.396 e. The summed E-state index contributed by atoms with van der Waals surface area (Å²) < 4.78 is 29.1. The molecule has 1 aliphatic carbocycles. The summed E-state index contributed by atoms with van der Waals surface area (Å²) in [4.78, 5) is 15.4. The highest BCUT2D eigenvalue weighted by Crippen LogP contribution is 2.36. The average molecular weight is 525 g/mol. The molecule has 2 unspecified atom stereocenters. The molecule has 1 amide bonds. The van der Waals surface area contributed by atoms with E-state index in [1.165, 1.54) is 31.4 Å². The van der Waals surface area contributed by atoms with Gasteiger partial charge in [-0.15, -0.1) is 0 Å². The van der Waals surface area contributed by atoms with E-state index in [-0.39, 0.29) is 26.5 Å². The summed E-state index contributed by atoms with van der Waals surface area (Å²) in [6.45, 7) is 1.37. The van der Waals surface area contributed by atoms with Crippen LogP contribution in [0.5, 0.6) is 0 Å². The first-order valence-corrected chi connectivity index (χ1v) is 14.1. The maximum absolute atomic E-state index is 13.6. The van der Waals surface area contributed by atoms with E-state index in [1.54, 1.807) is 0 Å². The molecule has 3 N–H and O–H groups in total. The van der Waals surface area contributed by atoms with Crippen LogP contribution in [0.2, 0.25) is 10.0 Å². The van der Waals surface area contributed by atoms with Gasteiger partial charge in [-0.3, -0.25) is 4.79 Å². The number of piperidine rings is 1. The lowest BCUT2D eigenvalue weighted by atomic mass is 9.75. The number of likely N-dealkylation sites (tertiary alicyclic amines) is 1. The van der Waals surface area contributed by atoms with Crippen LogP contribution in [0, 0.1) is 11.8 Å². The number of sulfonamides is 1. The molecule has 1 saturated heterocycles. The van der Waals surface area contributed by atoms with Crippen LogP contribution in [0.4, 0.5) is 5.69 Å². The molecule has 0 radical (unpaired) electrons. The van der Waals surface area contributed by atoms with Crippen LogP contribution in [-0.4, -0.2) is 38.4 Å². The molecule has 9 heteroatoms. The van der Waals surface area contributed by atoms with Crippen molar-refractivity contribution in [3.8, 4) is 0 Å². The Kier molecular flexibility index (Phi) is 8.08. The molecule has 2 aromatic rings. The first-order chi connectivity index (χ1) is 16.2. The Hall–Kier alpha value is -1.80. The summed E-state index contributed by atoms with van der Waals surface area (Å²) in [7, 11) is -4.05. The van der Waals surface area contributed by atoms with Crippen molar-refractivity contribution in [2.75, 3.05) is 18.8 Å². The zero-order valence-electron chi connectivity index (χ0n) is 19.1. The molecular formula is C25H31Cl2N3O3S. The fourth-order valence-corrected chi connectivity index (χ4v) is 7.07. The number of hydrogen-bond donors (Lipinski definition) is 2. The summed E-state index contributed by atoms with van der Waals surface area (Å²) in [6, 6.07) is 11.4. The third kappa shape index (κ3) is 5.88. The molecule has 34 heavy (non-hydrogen) atoms. The van der Waals surface area contributed by atoms with E-state index >= 15 is 0 Å². The van der Waals surface area contributed by atoms with Gasteiger partial charge in [-0.05, 0) is 55.2 Å². The second-order valence-electron chi connectivity index (χ2n) is 9.38. The van der Waals surface area contributed by atoms with Crippen molar-refractivity contribution >= 4 is 44.8 Å². The Morgan fingerprint density at radius 1 is 1.06 bits per heavy atom. The lowest BCUT2D eigenvalue weighted by Gasteiger charge is -2.42. The van der Waals surface area contributed by atoms with Crippen molar-refractivity contribution < 1.29 is 13.2 Å². The molecule has 0 bridgehead atoms. The van der Waals surface area contributed by atoms with Crippen molar-refractivity contribution in [2.24, 2.45) is 11.8 Å². The van der Waals surface area contributed by atoms with Gasteiger partial charge in [-0.2, -0.15) is 4.72 Å². The van der Waals surface area contributed by atoms with Gasteiger partial charge in [0.2, 0.25) is 15.9 Å². The second kappa shape index (κ2) is 10.9. The number of rotatable bonds is 7. The van der Waals surface area contributed by atoms with Crippen LogP contribution in [0.3, 0.4) is 0 Å². The monoisotopic (exact) mass is 523 g/mol. The molecular weight excluding hydrogens is 493 g/mol. The van der Waals surface area contributed by atoms with Crippen LogP contribution >= 0.6 is 23.2 Å². The minimum absolute atomic E-state index is 0.0550. The van der Waals surface area contributed by atoms with Crippen LogP contribution in [0.25, 0.3) is 0 Å². The van der Waals surface area contributed by atoms with Gasteiger partial charge < -0.3 is 10.6 Å². The lowest BCUT2D eigenvalue weighted by Crippen LogP contribution is -2.53. The summed E-state index contributed by atoms with van der Waals surface area (Å²) >= 11 is 12.2. The number of benzene rings is 2. The van der Waals surface area contributed by atoms with Crippen LogP contribution in [-0.2, 0) is 21.2 Å². The minimum Gasteiger partial charge on any atom is -0.396 e. The number of nitrogens with zero attached hydrogens (tertiary/aromatic N) is 1. The number of nitrogen functional groups attached to an aromatic ring is 1. The van der Waals surface area contributed by atoms with Gasteiger partial charge in [0.1, 0.15) is 6.04 Å². The van der Waals surface area contributed by atoms with Gasteiger partial charge in [0.25, 0.3) is 0 Å². The number of carbonyl (C=O) groups excluding carboxylic acids is 1. The molecule has 2 fully saturated rings. The number of hydrogen-bond acceptors (Lipinski definition) is 4. The van der Waals surface area contributed by atoms with Crippen LogP contribution < -0.4 is 10.5 Å². The standard InChI is InChI=1S/C25H31Cl2N3O3S/c26-21-14-20(15-22(27)24(21)28)34(32,33)29-23(11-10-17-6-2-1-3-7-17)25(31)30-13-12-18-8-4-5-9-19(18)16-30/h1-3,6-7,14-15,18-19,23,29H,4-5,8-13,16,28H2/t18?,19?,23-/m1/s1. The summed E-state index contributed by atoms with van der Waals surface area (Å²) in [5.41, 5.74) is 6.93. The number of aryl methyl sites for hydroxylation is 1. The van der Waals surface area contributed by atoms with Gasteiger partial charge in [-0.25, -0.2) is 8.42 Å². The number of amides is 1. The van der Waals surface area contributed by atoms with Gasteiger partial charge >= 0.3 is 0 Å². The predicted octanol–water partition coefficient (Wildman–Crippen LogP) is 4.89. The molecule has 3 atom stereocenters. The maximum atomic E-state index is 13.6. The van der Waals surface area contributed by atoms with Crippen molar-refractivity contribution in [3.63, 3.8) is 0 Å². The number of anilines is 1. The minimum atomic E-state index is -4.05. The van der Waals surface area contributed by atoms with E-state index in [0.717, 1.165) is 18.4 Å². The molecule has 2 aromatic carbocycles. The molecule has 184 valence electrons.